The van der Waals surface area contributed by atoms with Gasteiger partial charge in [0.15, 0.2) is 0 Å². The van der Waals surface area contributed by atoms with Crippen molar-refractivity contribution in [3.8, 4) is 0 Å². The second kappa shape index (κ2) is 3.09. The number of aliphatic hydroxyl groups excluding tert-OH is 1. The summed E-state index contributed by atoms with van der Waals surface area (Å²) in [4.78, 5) is 0. The first kappa shape index (κ1) is 8.49. The van der Waals surface area contributed by atoms with E-state index in [0.717, 1.165) is 17.4 Å². The summed E-state index contributed by atoms with van der Waals surface area (Å²) in [5.41, 5.74) is 4.05. The summed E-state index contributed by atoms with van der Waals surface area (Å²) in [6, 6.07) is 6.74. The van der Waals surface area contributed by atoms with Gasteiger partial charge in [-0.05, 0) is 54.2 Å². The minimum absolute atomic E-state index is 0.195. The summed E-state index contributed by atoms with van der Waals surface area (Å²) >= 11 is 0. The van der Waals surface area contributed by atoms with Crippen LogP contribution in [-0.2, 0) is 6.61 Å². The standard InChI is InChI=1S/C13H16O/c14-8-9-5-12(10-1-2-10)7-13(6-9)11-3-4-11/h5-7,10-11,14H,1-4,8H2. The molecule has 2 saturated carbocycles. The van der Waals surface area contributed by atoms with Gasteiger partial charge in [-0.25, -0.2) is 0 Å². The Morgan fingerprint density at radius 3 is 1.79 bits per heavy atom. The number of hydrogen-bond donors (Lipinski definition) is 1. The van der Waals surface area contributed by atoms with Gasteiger partial charge in [-0.15, -0.1) is 0 Å². The second-order valence-electron chi connectivity index (χ2n) is 4.71. The maximum atomic E-state index is 9.19. The molecule has 2 aliphatic rings. The first-order valence-electron chi connectivity index (χ1n) is 5.61. The van der Waals surface area contributed by atoms with E-state index in [2.05, 4.69) is 18.2 Å². The molecule has 0 aliphatic heterocycles. The van der Waals surface area contributed by atoms with Crippen molar-refractivity contribution >= 4 is 0 Å². The summed E-state index contributed by atoms with van der Waals surface area (Å²) in [5, 5.41) is 9.19. The molecule has 0 bridgehead atoms. The minimum atomic E-state index is 0.195. The van der Waals surface area contributed by atoms with Crippen LogP contribution in [0.15, 0.2) is 18.2 Å². The van der Waals surface area contributed by atoms with Gasteiger partial charge >= 0.3 is 0 Å². The first-order chi connectivity index (χ1) is 6.86. The number of rotatable bonds is 3. The van der Waals surface area contributed by atoms with E-state index < -0.39 is 0 Å². The van der Waals surface area contributed by atoms with Crippen molar-refractivity contribution in [1.29, 1.82) is 0 Å². The van der Waals surface area contributed by atoms with Gasteiger partial charge in [-0.2, -0.15) is 0 Å². The zero-order chi connectivity index (χ0) is 9.54. The van der Waals surface area contributed by atoms with Crippen molar-refractivity contribution in [2.45, 2.75) is 44.1 Å². The summed E-state index contributed by atoms with van der Waals surface area (Å²) in [6.07, 6.45) is 5.38. The van der Waals surface area contributed by atoms with Crippen LogP contribution in [0, 0.1) is 0 Å². The van der Waals surface area contributed by atoms with Crippen molar-refractivity contribution < 1.29 is 5.11 Å². The molecule has 1 aromatic carbocycles. The lowest BCUT2D eigenvalue weighted by molar-refractivity contribution is 0.281. The summed E-state index contributed by atoms with van der Waals surface area (Å²) in [7, 11) is 0. The molecule has 1 nitrogen and oxygen atoms in total. The molecule has 14 heavy (non-hydrogen) atoms. The lowest BCUT2D eigenvalue weighted by Gasteiger charge is -2.06. The van der Waals surface area contributed by atoms with E-state index in [0.29, 0.717) is 0 Å². The van der Waals surface area contributed by atoms with Crippen molar-refractivity contribution in [1.82, 2.24) is 0 Å². The Labute approximate surface area is 84.8 Å². The van der Waals surface area contributed by atoms with Crippen LogP contribution >= 0.6 is 0 Å². The quantitative estimate of drug-likeness (QED) is 0.773. The van der Waals surface area contributed by atoms with Crippen molar-refractivity contribution in [2.24, 2.45) is 0 Å². The molecule has 0 atom stereocenters. The molecule has 0 saturated heterocycles. The van der Waals surface area contributed by atoms with Gasteiger partial charge in [0, 0.05) is 0 Å². The zero-order valence-corrected chi connectivity index (χ0v) is 8.37. The molecule has 1 heteroatoms. The Morgan fingerprint density at radius 1 is 0.929 bits per heavy atom. The molecule has 74 valence electrons. The van der Waals surface area contributed by atoms with Gasteiger partial charge in [0.05, 0.1) is 6.61 Å². The fraction of sp³-hybridized carbons (Fsp3) is 0.538. The Bertz CT molecular complexity index is 318. The topological polar surface area (TPSA) is 20.2 Å². The molecule has 0 heterocycles. The smallest absolute Gasteiger partial charge is 0.0682 e. The molecule has 1 aromatic rings. The lowest BCUT2D eigenvalue weighted by atomic mass is 10.0. The van der Waals surface area contributed by atoms with Crippen LogP contribution in [0.1, 0.15) is 54.2 Å². The molecule has 3 rings (SSSR count). The van der Waals surface area contributed by atoms with Crippen LogP contribution in [0.4, 0.5) is 0 Å². The monoisotopic (exact) mass is 188 g/mol. The van der Waals surface area contributed by atoms with Crippen molar-refractivity contribution in [3.63, 3.8) is 0 Å². The molecule has 0 radical (unpaired) electrons. The average Bonchev–Trinajstić information content (AvgIpc) is 3.07. The highest BCUT2D eigenvalue weighted by Crippen LogP contribution is 2.45. The van der Waals surface area contributed by atoms with E-state index in [1.54, 1.807) is 0 Å². The second-order valence-corrected chi connectivity index (χ2v) is 4.71. The molecule has 0 aromatic heterocycles. The van der Waals surface area contributed by atoms with Gasteiger partial charge in [0.2, 0.25) is 0 Å². The fourth-order valence-electron chi connectivity index (χ4n) is 2.14. The van der Waals surface area contributed by atoms with Crippen LogP contribution in [-0.4, -0.2) is 5.11 Å². The fourth-order valence-corrected chi connectivity index (χ4v) is 2.14. The Balaban J connectivity index is 1.97. The molecule has 2 fully saturated rings. The molecule has 2 aliphatic carbocycles. The summed E-state index contributed by atoms with van der Waals surface area (Å²) in [6.45, 7) is 0.195. The molecular formula is C13H16O. The lowest BCUT2D eigenvalue weighted by Crippen LogP contribution is -1.91. The van der Waals surface area contributed by atoms with Crippen molar-refractivity contribution in [2.75, 3.05) is 0 Å². The highest BCUT2D eigenvalue weighted by Gasteiger charge is 2.28. The molecule has 0 spiro atoms. The van der Waals surface area contributed by atoms with E-state index in [-0.39, 0.29) is 6.61 Å². The molecule has 0 unspecified atom stereocenters. The highest BCUT2D eigenvalue weighted by molar-refractivity contribution is 5.37. The predicted octanol–water partition coefficient (Wildman–Crippen LogP) is 2.93. The maximum Gasteiger partial charge on any atom is 0.0682 e. The van der Waals surface area contributed by atoms with Gasteiger partial charge in [0.1, 0.15) is 0 Å². The first-order valence-corrected chi connectivity index (χ1v) is 5.61. The summed E-state index contributed by atoms with van der Waals surface area (Å²) < 4.78 is 0. The Kier molecular flexibility index (Phi) is 1.88. The van der Waals surface area contributed by atoms with Crippen LogP contribution in [0.2, 0.25) is 0 Å². The highest BCUT2D eigenvalue weighted by atomic mass is 16.3. The average molecular weight is 188 g/mol. The van der Waals surface area contributed by atoms with Crippen LogP contribution in [0.3, 0.4) is 0 Å². The number of hydrogen-bond acceptors (Lipinski definition) is 1. The van der Waals surface area contributed by atoms with Gasteiger partial charge in [-0.1, -0.05) is 18.2 Å². The van der Waals surface area contributed by atoms with Gasteiger partial charge in [-0.3, -0.25) is 0 Å². The Hall–Kier alpha value is -0.820. The van der Waals surface area contributed by atoms with Crippen LogP contribution in [0.25, 0.3) is 0 Å². The SMILES string of the molecule is OCc1cc(C2CC2)cc(C2CC2)c1. The van der Waals surface area contributed by atoms with Crippen LogP contribution < -0.4 is 0 Å². The third-order valence-electron chi connectivity index (χ3n) is 3.32. The Morgan fingerprint density at radius 2 is 1.43 bits per heavy atom. The number of aliphatic hydroxyl groups is 1. The van der Waals surface area contributed by atoms with E-state index in [1.165, 1.54) is 36.8 Å². The largest absolute Gasteiger partial charge is 0.392 e. The molecule has 0 amide bonds. The molecule has 1 N–H and O–H groups in total. The number of benzene rings is 1. The van der Waals surface area contributed by atoms with Gasteiger partial charge < -0.3 is 5.11 Å². The van der Waals surface area contributed by atoms with E-state index in [9.17, 15) is 5.11 Å². The maximum absolute atomic E-state index is 9.19. The van der Waals surface area contributed by atoms with E-state index in [1.807, 2.05) is 0 Å². The van der Waals surface area contributed by atoms with E-state index >= 15 is 0 Å². The third kappa shape index (κ3) is 1.57. The van der Waals surface area contributed by atoms with E-state index in [4.69, 9.17) is 0 Å². The minimum Gasteiger partial charge on any atom is -0.392 e. The molecular weight excluding hydrogens is 172 g/mol. The zero-order valence-electron chi connectivity index (χ0n) is 8.37. The summed E-state index contributed by atoms with van der Waals surface area (Å²) in [5.74, 6) is 1.61. The third-order valence-corrected chi connectivity index (χ3v) is 3.32. The van der Waals surface area contributed by atoms with Gasteiger partial charge in [0.25, 0.3) is 0 Å². The van der Waals surface area contributed by atoms with Crippen molar-refractivity contribution in [3.05, 3.63) is 34.9 Å². The predicted molar refractivity (Wildman–Crippen MR) is 56.3 cm³/mol. The van der Waals surface area contributed by atoms with Crippen LogP contribution in [0.5, 0.6) is 0 Å². The normalized spacial score (nSPS) is 21.2.